The number of carboxylic acid groups (broad SMARTS) is 2. The van der Waals surface area contributed by atoms with Crippen molar-refractivity contribution in [2.24, 2.45) is 5.73 Å². The van der Waals surface area contributed by atoms with E-state index in [4.69, 9.17) is 76.8 Å². The highest BCUT2D eigenvalue weighted by Gasteiger charge is 2.62. The summed E-state index contributed by atoms with van der Waals surface area (Å²) < 4.78 is 88.0. The third-order valence-electron chi connectivity index (χ3n) is 20.9. The second-order valence-corrected chi connectivity index (χ2v) is 29.9. The molecule has 51 nitrogen and oxygen atoms in total. The summed E-state index contributed by atoms with van der Waals surface area (Å²) in [5, 5.41) is 250. The van der Waals surface area contributed by atoms with Gasteiger partial charge in [0.15, 0.2) is 31.5 Å². The normalized spacial score (nSPS) is 44.3. The topological polar surface area (TPSA) is 798 Å². The third-order valence-corrected chi connectivity index (χ3v) is 20.9. The number of rotatable bonds is 32. The van der Waals surface area contributed by atoms with Gasteiger partial charge in [-0.25, -0.2) is 9.59 Å². The van der Waals surface area contributed by atoms with E-state index in [0.29, 0.717) is 0 Å². The minimum absolute atomic E-state index is 0.756. The monoisotopic (exact) mass is 1700 g/mol. The highest BCUT2D eigenvalue weighted by molar-refractivity contribution is 5.78. The molecule has 672 valence electrons. The molecule has 0 aromatic carbocycles. The van der Waals surface area contributed by atoms with Crippen molar-refractivity contribution in [3.05, 3.63) is 0 Å². The number of amides is 6. The maximum Gasteiger partial charge on any atom is 0.364 e. The SMILES string of the molecule is CC(=O)NC1C(O[C@@H]2OC(CO[C@@H]3OC(CO[C@@]4(C(=O)O)CC(O)[C@H](NC(C)=O)C([C@@H](NC(C)=O)[C@H](C)O)O4)[C@@H](O)C(O)C3O)[C@H](O)C(O)C2O)[C@@H](O)C(CO)O[C@H]1OC1C(O)[C@H](OC2C(NC(C)=O)[C@H](N)OC(CO)[C@@H]2O)OC(CO[C@@H]2OC(CO[C@@]3(C(=O)O)CC(O)[C@H](NC(C)=O)C([C@@H](NC(C)=O)[C@H](C)O)O3)[C@@H](O)C(O)C2O)[C@@H]1O. The van der Waals surface area contributed by atoms with Crippen LogP contribution in [0.25, 0.3) is 0 Å². The van der Waals surface area contributed by atoms with Crippen molar-refractivity contribution >= 4 is 47.4 Å². The molecular weight excluding hydrogens is 1590 g/mol. The maximum atomic E-state index is 13.3. The first kappa shape index (κ1) is 96.8. The predicted octanol–water partition coefficient (Wildman–Crippen LogP) is -17.2. The van der Waals surface area contributed by atoms with Gasteiger partial charge < -0.3 is 216 Å². The molecule has 0 radical (unpaired) electrons. The Labute approximate surface area is 664 Å². The number of ether oxygens (including phenoxy) is 15. The van der Waals surface area contributed by atoms with Gasteiger partial charge in [0.1, 0.15) is 159 Å². The van der Waals surface area contributed by atoms with Gasteiger partial charge in [-0.15, -0.1) is 0 Å². The number of aliphatic carboxylic acids is 2. The third kappa shape index (κ3) is 22.4. The number of carbonyl (C=O) groups excluding carboxylic acids is 6. The minimum Gasteiger partial charge on any atom is -0.477 e. The number of carbonyl (C=O) groups is 8. The van der Waals surface area contributed by atoms with Gasteiger partial charge in [-0.3, -0.25) is 28.8 Å². The molecule has 6 amide bonds. The van der Waals surface area contributed by atoms with Crippen LogP contribution in [0.4, 0.5) is 0 Å². The molecule has 0 aromatic heterocycles. The van der Waals surface area contributed by atoms with Gasteiger partial charge in [-0.1, -0.05) is 0 Å². The fourth-order valence-electron chi connectivity index (χ4n) is 14.9. The molecule has 42 atom stereocenters. The molecule has 8 fully saturated rings. The van der Waals surface area contributed by atoms with Crippen LogP contribution < -0.4 is 37.6 Å². The molecule has 22 unspecified atom stereocenters. The first-order chi connectivity index (χ1) is 54.7. The first-order valence-electron chi connectivity index (χ1n) is 37.1. The second kappa shape index (κ2) is 41.0. The standard InChI is InChI=1S/C66H109N7O44/c1-17(76)33(68-19(3)78)52-35(70-21(5)80)25(84)9-65(116-52,63(99)100)105-15-31-40(87)45(92)48(95)59(109-31)103-13-29-39(86)47(94)50(97)61(111-29)114-55-38(73-24(8)83)58(108-28(12-75)43(55)90)115-56-44(91)30(112-62(51(56)98)113-54-37(72-23(7)82)57(67)107-27(11-74)42(54)89)14-104-60-49(96)46(93)41(88)32(110-60)16-106-66(64(101)102)10-26(85)36(71-22(6)81)53(117-66)34(18(2)77)69-20(4)79/h17-18,25-62,74-77,84-98H,9-16,67H2,1-8H3,(H,68,78)(H,69,79)(H,70,80)(H,71,81)(H,72,82)(H,73,83)(H,99,100)(H,101,102)/t17-,18-,25?,26?,27?,28?,29?,30?,31?,32?,33-,34-,35-,36-,37?,38?,39-,40+,41+,42-,43-,44-,45?,46?,47?,48?,49?,50?,51?,52?,53?,54?,55?,56?,57+,58-,59+,60+,61-,62-,65-,66-/m0/s1. The van der Waals surface area contributed by atoms with Crippen LogP contribution in [0.1, 0.15) is 68.2 Å². The highest BCUT2D eigenvalue weighted by Crippen LogP contribution is 2.40. The summed E-state index contributed by atoms with van der Waals surface area (Å²) in [6.07, 6.45) is -72.4. The number of nitrogens with one attached hydrogen (secondary N) is 6. The van der Waals surface area contributed by atoms with E-state index in [1.165, 1.54) is 13.8 Å². The van der Waals surface area contributed by atoms with E-state index in [1.807, 2.05) is 0 Å². The quantitative estimate of drug-likeness (QED) is 0.0297. The number of nitrogens with two attached hydrogens (primary N) is 1. The van der Waals surface area contributed by atoms with E-state index in [1.54, 1.807) is 0 Å². The zero-order chi connectivity index (χ0) is 87.2. The van der Waals surface area contributed by atoms with E-state index in [-0.39, 0.29) is 0 Å². The van der Waals surface area contributed by atoms with Crippen LogP contribution >= 0.6 is 0 Å². The molecule has 0 bridgehead atoms. The number of hydrogen-bond donors (Lipinski definition) is 28. The number of aliphatic hydroxyl groups excluding tert-OH is 19. The summed E-state index contributed by atoms with van der Waals surface area (Å²) in [7, 11) is 0. The van der Waals surface area contributed by atoms with Gasteiger partial charge in [0.05, 0.1) is 94.3 Å². The van der Waals surface area contributed by atoms with E-state index < -0.39 is 356 Å². The van der Waals surface area contributed by atoms with Crippen molar-refractivity contribution < 1.29 is 217 Å². The average Bonchev–Trinajstić information content (AvgIpc) is 0.767. The summed E-state index contributed by atoms with van der Waals surface area (Å²) in [4.78, 5) is 101. The maximum absolute atomic E-state index is 13.3. The highest BCUT2D eigenvalue weighted by atomic mass is 16.8. The lowest BCUT2D eigenvalue weighted by atomic mass is 9.87. The molecule has 0 spiro atoms. The van der Waals surface area contributed by atoms with Crippen molar-refractivity contribution in [3.8, 4) is 0 Å². The summed E-state index contributed by atoms with van der Waals surface area (Å²) >= 11 is 0. The Morgan fingerprint density at radius 3 is 1.05 bits per heavy atom. The van der Waals surface area contributed by atoms with Gasteiger partial charge >= 0.3 is 11.9 Å². The van der Waals surface area contributed by atoms with Crippen molar-refractivity contribution in [3.63, 3.8) is 0 Å². The van der Waals surface area contributed by atoms with Crippen LogP contribution in [-0.4, -0.2) is 451 Å². The number of aliphatic hydroxyl groups is 19. The van der Waals surface area contributed by atoms with Crippen LogP contribution in [-0.2, 0) is 109 Å². The molecule has 8 rings (SSSR count). The number of hydrogen-bond acceptors (Lipinski definition) is 43. The summed E-state index contributed by atoms with van der Waals surface area (Å²) in [5.41, 5.74) is 6.23. The first-order valence-corrected chi connectivity index (χ1v) is 37.1. The van der Waals surface area contributed by atoms with Gasteiger partial charge in [-0.05, 0) is 13.8 Å². The fourth-order valence-corrected chi connectivity index (χ4v) is 14.9. The largest absolute Gasteiger partial charge is 0.477 e. The summed E-state index contributed by atoms with van der Waals surface area (Å²) in [6.45, 7) is 1.78. The van der Waals surface area contributed by atoms with Gasteiger partial charge in [0, 0.05) is 54.4 Å². The Kier molecular flexibility index (Phi) is 33.9. The zero-order valence-electron chi connectivity index (χ0n) is 64.1. The Bertz CT molecular complexity index is 3290. The molecule has 0 aromatic rings. The van der Waals surface area contributed by atoms with Crippen LogP contribution in [0.15, 0.2) is 0 Å². The van der Waals surface area contributed by atoms with E-state index in [9.17, 15) is 146 Å². The molecule has 51 heteroatoms. The molecular formula is C66H109N7O44. The average molecular weight is 1700 g/mol. The molecule has 8 aliphatic rings. The Hall–Kier alpha value is -5.64. The van der Waals surface area contributed by atoms with Crippen molar-refractivity contribution in [2.45, 2.75) is 325 Å². The molecule has 0 aliphatic carbocycles. The van der Waals surface area contributed by atoms with Crippen LogP contribution in [0.5, 0.6) is 0 Å². The fraction of sp³-hybridized carbons (Fsp3) is 0.879. The molecule has 0 saturated carbocycles. The Morgan fingerprint density at radius 1 is 0.376 bits per heavy atom. The van der Waals surface area contributed by atoms with Gasteiger partial charge in [-0.2, -0.15) is 0 Å². The Morgan fingerprint density at radius 2 is 0.684 bits per heavy atom. The lowest BCUT2D eigenvalue weighted by Gasteiger charge is -2.50. The summed E-state index contributed by atoms with van der Waals surface area (Å²) in [5.74, 6) is -14.7. The smallest absolute Gasteiger partial charge is 0.364 e. The van der Waals surface area contributed by atoms with Crippen molar-refractivity contribution in [1.82, 2.24) is 31.9 Å². The Balaban J connectivity index is 1.04. The van der Waals surface area contributed by atoms with Gasteiger partial charge in [0.2, 0.25) is 35.4 Å². The lowest BCUT2D eigenvalue weighted by Crippen LogP contribution is -2.71. The van der Waals surface area contributed by atoms with Crippen LogP contribution in [0.3, 0.4) is 0 Å². The second-order valence-electron chi connectivity index (χ2n) is 29.9. The summed E-state index contributed by atoms with van der Waals surface area (Å²) in [6, 6.07) is -9.72. The lowest BCUT2D eigenvalue weighted by molar-refractivity contribution is -0.379. The van der Waals surface area contributed by atoms with E-state index in [0.717, 1.165) is 41.5 Å². The number of carboxylic acids is 2. The minimum atomic E-state index is -2.99. The zero-order valence-corrected chi connectivity index (χ0v) is 64.1. The molecule has 8 aliphatic heterocycles. The molecule has 29 N–H and O–H groups in total. The van der Waals surface area contributed by atoms with Crippen LogP contribution in [0, 0.1) is 0 Å². The van der Waals surface area contributed by atoms with Crippen molar-refractivity contribution in [1.29, 1.82) is 0 Å². The van der Waals surface area contributed by atoms with E-state index >= 15 is 0 Å². The van der Waals surface area contributed by atoms with E-state index in [2.05, 4.69) is 31.9 Å². The molecule has 8 heterocycles. The molecule has 117 heavy (non-hydrogen) atoms. The predicted molar refractivity (Wildman–Crippen MR) is 368 cm³/mol. The van der Waals surface area contributed by atoms with Gasteiger partial charge in [0.25, 0.3) is 11.6 Å². The van der Waals surface area contributed by atoms with Crippen molar-refractivity contribution in [2.75, 3.05) is 39.6 Å². The molecule has 8 saturated heterocycles. The van der Waals surface area contributed by atoms with Crippen LogP contribution in [0.2, 0.25) is 0 Å².